The van der Waals surface area contributed by atoms with Gasteiger partial charge in [-0.05, 0) is 38.5 Å². The Morgan fingerprint density at radius 3 is 2.35 bits per heavy atom. The van der Waals surface area contributed by atoms with Crippen LogP contribution >= 0.6 is 0 Å². The number of unbranched alkanes of at least 4 members (excludes halogenated alkanes) is 2. The Bertz CT molecular complexity index is 272. The summed E-state index contributed by atoms with van der Waals surface area (Å²) < 4.78 is 0. The molecule has 0 saturated heterocycles. The Kier molecular flexibility index (Phi) is 5.41. The summed E-state index contributed by atoms with van der Waals surface area (Å²) in [6.07, 6.45) is 5.27. The number of carboxylic acid groups (broad SMARTS) is 1. The van der Waals surface area contributed by atoms with Gasteiger partial charge in [-0.3, -0.25) is 9.59 Å². The number of carbonyl (C=O) groups is 2. The van der Waals surface area contributed by atoms with Crippen LogP contribution in [0.15, 0.2) is 0 Å². The van der Waals surface area contributed by atoms with E-state index in [9.17, 15) is 14.7 Å². The van der Waals surface area contributed by atoms with Gasteiger partial charge in [-0.25, -0.2) is 0 Å². The van der Waals surface area contributed by atoms with E-state index in [1.54, 1.807) is 0 Å². The van der Waals surface area contributed by atoms with Crippen molar-refractivity contribution in [3.8, 4) is 0 Å². The smallest absolute Gasteiger partial charge is 0.303 e. The number of aliphatic hydroxyl groups is 1. The molecular weight excluding hydrogens is 222 g/mol. The van der Waals surface area contributed by atoms with Crippen molar-refractivity contribution in [2.45, 2.75) is 57.0 Å². The van der Waals surface area contributed by atoms with Crippen molar-refractivity contribution in [1.82, 2.24) is 5.32 Å². The van der Waals surface area contributed by atoms with Gasteiger partial charge in [-0.2, -0.15) is 0 Å². The van der Waals surface area contributed by atoms with Crippen LogP contribution in [0.3, 0.4) is 0 Å². The van der Waals surface area contributed by atoms with Gasteiger partial charge >= 0.3 is 5.97 Å². The van der Waals surface area contributed by atoms with Crippen LogP contribution < -0.4 is 5.32 Å². The van der Waals surface area contributed by atoms with E-state index in [0.717, 1.165) is 25.7 Å². The molecule has 0 aromatic heterocycles. The maximum Gasteiger partial charge on any atom is 0.303 e. The minimum Gasteiger partial charge on any atom is -0.481 e. The third kappa shape index (κ3) is 4.73. The third-order valence-corrected chi connectivity index (χ3v) is 3.21. The van der Waals surface area contributed by atoms with Crippen molar-refractivity contribution in [3.63, 3.8) is 0 Å². The number of rotatable bonds is 7. The molecule has 3 N–H and O–H groups in total. The van der Waals surface area contributed by atoms with E-state index >= 15 is 0 Å². The van der Waals surface area contributed by atoms with Gasteiger partial charge in [0.25, 0.3) is 5.91 Å². The molecule has 0 bridgehead atoms. The second kappa shape index (κ2) is 6.59. The van der Waals surface area contributed by atoms with Crippen molar-refractivity contribution < 1.29 is 19.8 Å². The molecule has 0 aromatic rings. The lowest BCUT2D eigenvalue weighted by atomic mass is 10.0. The fourth-order valence-corrected chi connectivity index (χ4v) is 2.13. The zero-order chi connectivity index (χ0) is 12.7. The molecule has 0 aliphatic heterocycles. The predicted octanol–water partition coefficient (Wildman–Crippen LogP) is 1.05. The van der Waals surface area contributed by atoms with Crippen molar-refractivity contribution in [1.29, 1.82) is 0 Å². The fourth-order valence-electron chi connectivity index (χ4n) is 2.13. The van der Waals surface area contributed by atoms with Gasteiger partial charge in [0.05, 0.1) is 0 Å². The molecule has 5 nitrogen and oxygen atoms in total. The lowest BCUT2D eigenvalue weighted by molar-refractivity contribution is -0.139. The number of hydrogen-bond acceptors (Lipinski definition) is 3. The number of aliphatic carboxylic acids is 1. The van der Waals surface area contributed by atoms with Crippen molar-refractivity contribution in [3.05, 3.63) is 0 Å². The Hall–Kier alpha value is -1.10. The number of hydrogen-bond donors (Lipinski definition) is 3. The molecule has 1 rings (SSSR count). The molecule has 5 heteroatoms. The van der Waals surface area contributed by atoms with Crippen LogP contribution in [0.4, 0.5) is 0 Å². The quantitative estimate of drug-likeness (QED) is 0.583. The fraction of sp³-hybridized carbons (Fsp3) is 0.833. The van der Waals surface area contributed by atoms with Crippen molar-refractivity contribution >= 4 is 11.9 Å². The lowest BCUT2D eigenvalue weighted by Gasteiger charge is -2.20. The second-order valence-electron chi connectivity index (χ2n) is 4.70. The van der Waals surface area contributed by atoms with Gasteiger partial charge in [-0.1, -0.05) is 6.42 Å². The monoisotopic (exact) mass is 243 g/mol. The van der Waals surface area contributed by atoms with Crippen molar-refractivity contribution in [2.75, 3.05) is 6.54 Å². The molecule has 0 radical (unpaired) electrons. The molecule has 98 valence electrons. The molecule has 0 spiro atoms. The standard InChI is InChI=1S/C12H21NO4/c14-10(15)6-2-1-5-9-13-11(16)12(17)7-3-4-8-12/h17H,1-9H2,(H,13,16)(H,14,15). The van der Waals surface area contributed by atoms with Crippen LogP contribution in [0.25, 0.3) is 0 Å². The summed E-state index contributed by atoms with van der Waals surface area (Å²) in [6, 6.07) is 0. The molecule has 0 heterocycles. The lowest BCUT2D eigenvalue weighted by Crippen LogP contribution is -2.44. The predicted molar refractivity (Wildman–Crippen MR) is 62.5 cm³/mol. The molecule has 17 heavy (non-hydrogen) atoms. The maximum absolute atomic E-state index is 11.7. The molecule has 0 atom stereocenters. The number of carboxylic acids is 1. The van der Waals surface area contributed by atoms with E-state index in [-0.39, 0.29) is 12.3 Å². The zero-order valence-corrected chi connectivity index (χ0v) is 10.1. The van der Waals surface area contributed by atoms with Crippen LogP contribution in [0.5, 0.6) is 0 Å². The first-order chi connectivity index (χ1) is 8.04. The molecule has 0 unspecified atom stereocenters. The second-order valence-corrected chi connectivity index (χ2v) is 4.70. The Labute approximate surface area is 101 Å². The number of amides is 1. The summed E-state index contributed by atoms with van der Waals surface area (Å²) in [5.74, 6) is -1.05. The van der Waals surface area contributed by atoms with E-state index in [1.807, 2.05) is 0 Å². The first-order valence-corrected chi connectivity index (χ1v) is 6.27. The van der Waals surface area contributed by atoms with Crippen LogP contribution in [-0.4, -0.2) is 34.2 Å². The van der Waals surface area contributed by atoms with Crippen LogP contribution in [0.1, 0.15) is 51.4 Å². The van der Waals surface area contributed by atoms with Gasteiger partial charge in [0.1, 0.15) is 5.60 Å². The minimum atomic E-state index is -1.15. The van der Waals surface area contributed by atoms with Gasteiger partial charge in [0.2, 0.25) is 0 Å². The van der Waals surface area contributed by atoms with E-state index in [4.69, 9.17) is 5.11 Å². The van der Waals surface area contributed by atoms with E-state index in [2.05, 4.69) is 5.32 Å². The number of nitrogens with one attached hydrogen (secondary N) is 1. The third-order valence-electron chi connectivity index (χ3n) is 3.21. The largest absolute Gasteiger partial charge is 0.481 e. The normalized spacial score (nSPS) is 17.9. The molecular formula is C12H21NO4. The topological polar surface area (TPSA) is 86.6 Å². The molecule has 1 saturated carbocycles. The first kappa shape index (κ1) is 14.0. The summed E-state index contributed by atoms with van der Waals surface area (Å²) in [5.41, 5.74) is -1.15. The Morgan fingerprint density at radius 2 is 1.76 bits per heavy atom. The highest BCUT2D eigenvalue weighted by Crippen LogP contribution is 2.29. The van der Waals surface area contributed by atoms with Gasteiger partial charge in [0, 0.05) is 13.0 Å². The molecule has 1 fully saturated rings. The van der Waals surface area contributed by atoms with E-state index < -0.39 is 11.6 Å². The molecule has 1 aliphatic rings. The first-order valence-electron chi connectivity index (χ1n) is 6.27. The van der Waals surface area contributed by atoms with Gasteiger partial charge in [-0.15, -0.1) is 0 Å². The van der Waals surface area contributed by atoms with E-state index in [0.29, 0.717) is 25.8 Å². The van der Waals surface area contributed by atoms with Crippen LogP contribution in [0, 0.1) is 0 Å². The Balaban J connectivity index is 2.06. The average molecular weight is 243 g/mol. The van der Waals surface area contributed by atoms with Gasteiger partial charge < -0.3 is 15.5 Å². The molecule has 1 amide bonds. The summed E-state index contributed by atoms with van der Waals surface area (Å²) in [6.45, 7) is 0.515. The maximum atomic E-state index is 11.7. The summed E-state index contributed by atoms with van der Waals surface area (Å²) in [4.78, 5) is 21.9. The Morgan fingerprint density at radius 1 is 1.12 bits per heavy atom. The van der Waals surface area contributed by atoms with Crippen LogP contribution in [0.2, 0.25) is 0 Å². The summed E-state index contributed by atoms with van der Waals surface area (Å²) in [5, 5.41) is 21.1. The van der Waals surface area contributed by atoms with Crippen molar-refractivity contribution in [2.24, 2.45) is 0 Å². The highest BCUT2D eigenvalue weighted by Gasteiger charge is 2.38. The summed E-state index contributed by atoms with van der Waals surface area (Å²) >= 11 is 0. The molecule has 0 aromatic carbocycles. The van der Waals surface area contributed by atoms with Crippen LogP contribution in [-0.2, 0) is 9.59 Å². The SMILES string of the molecule is O=C(O)CCCCCNC(=O)C1(O)CCCC1. The minimum absolute atomic E-state index is 0.178. The highest BCUT2D eigenvalue weighted by atomic mass is 16.4. The number of carbonyl (C=O) groups excluding carboxylic acids is 1. The highest BCUT2D eigenvalue weighted by molar-refractivity contribution is 5.85. The van der Waals surface area contributed by atoms with Gasteiger partial charge in [0.15, 0.2) is 0 Å². The zero-order valence-electron chi connectivity index (χ0n) is 10.1. The average Bonchev–Trinajstić information content (AvgIpc) is 2.71. The molecule has 1 aliphatic carbocycles. The summed E-state index contributed by atoms with van der Waals surface area (Å²) in [7, 11) is 0. The van der Waals surface area contributed by atoms with E-state index in [1.165, 1.54) is 0 Å².